The summed E-state index contributed by atoms with van der Waals surface area (Å²) in [5.41, 5.74) is 2.27. The summed E-state index contributed by atoms with van der Waals surface area (Å²) in [6.45, 7) is 8.41. The molecule has 0 radical (unpaired) electrons. The normalized spacial score (nSPS) is 18.8. The van der Waals surface area contributed by atoms with Gasteiger partial charge in [0.05, 0.1) is 12.7 Å². The van der Waals surface area contributed by atoms with Crippen LogP contribution < -0.4 is 10.1 Å². The van der Waals surface area contributed by atoms with E-state index < -0.39 is 0 Å². The Hall–Kier alpha value is -1.75. The van der Waals surface area contributed by atoms with Gasteiger partial charge in [0.15, 0.2) is 0 Å². The van der Waals surface area contributed by atoms with Crippen molar-refractivity contribution in [2.24, 2.45) is 5.92 Å². The zero-order valence-electron chi connectivity index (χ0n) is 14.3. The molecule has 0 bridgehead atoms. The number of rotatable bonds is 6. The van der Waals surface area contributed by atoms with Crippen molar-refractivity contribution in [3.63, 3.8) is 0 Å². The molecule has 0 unspecified atom stereocenters. The van der Waals surface area contributed by atoms with Crippen LogP contribution in [0.4, 0.5) is 4.79 Å². The first-order valence-electron chi connectivity index (χ1n) is 8.39. The topological polar surface area (TPSA) is 61.8 Å². The number of likely N-dealkylation sites (tertiary alicyclic amines) is 1. The smallest absolute Gasteiger partial charge is 0.317 e. The zero-order chi connectivity index (χ0) is 16.8. The average Bonchev–Trinajstić information content (AvgIpc) is 2.99. The molecule has 1 aliphatic heterocycles. The third-order valence-corrected chi connectivity index (χ3v) is 4.45. The third-order valence-electron chi connectivity index (χ3n) is 4.45. The van der Waals surface area contributed by atoms with Crippen LogP contribution in [0.15, 0.2) is 18.2 Å². The van der Waals surface area contributed by atoms with E-state index in [-0.39, 0.29) is 18.1 Å². The number of benzene rings is 1. The van der Waals surface area contributed by atoms with Crippen LogP contribution in [-0.4, -0.2) is 48.4 Å². The Morgan fingerprint density at radius 3 is 2.74 bits per heavy atom. The lowest BCUT2D eigenvalue weighted by molar-refractivity contribution is 0.129. The number of aliphatic hydroxyl groups is 1. The van der Waals surface area contributed by atoms with Gasteiger partial charge in [-0.1, -0.05) is 18.2 Å². The number of nitrogens with zero attached hydrogens (tertiary/aromatic N) is 1. The quantitative estimate of drug-likeness (QED) is 0.792. The molecule has 1 aliphatic rings. The minimum absolute atomic E-state index is 0.0415. The number of aryl methyl sites for hydroxylation is 2. The first-order chi connectivity index (χ1) is 11.0. The van der Waals surface area contributed by atoms with Gasteiger partial charge in [-0.05, 0) is 44.7 Å². The lowest BCUT2D eigenvalue weighted by atomic mass is 10.0. The van der Waals surface area contributed by atoms with Crippen LogP contribution in [0.5, 0.6) is 5.75 Å². The number of aliphatic hydroxyl groups excluding tert-OH is 1. The molecule has 0 aromatic heterocycles. The van der Waals surface area contributed by atoms with Crippen LogP contribution in [0.25, 0.3) is 0 Å². The maximum Gasteiger partial charge on any atom is 0.317 e. The first-order valence-corrected chi connectivity index (χ1v) is 8.39. The second-order valence-electron chi connectivity index (χ2n) is 6.39. The van der Waals surface area contributed by atoms with E-state index in [2.05, 4.69) is 5.32 Å². The Balaban J connectivity index is 1.65. The highest BCUT2D eigenvalue weighted by Gasteiger charge is 2.28. The SMILES string of the molecule is Cc1cccc(C)c1OCCCNC(=O)N1CC[C@@H]([C@@H](C)O)C1. The van der Waals surface area contributed by atoms with Crippen molar-refractivity contribution < 1.29 is 14.6 Å². The fourth-order valence-corrected chi connectivity index (χ4v) is 2.95. The highest BCUT2D eigenvalue weighted by Crippen LogP contribution is 2.22. The van der Waals surface area contributed by atoms with Crippen LogP contribution >= 0.6 is 0 Å². The fraction of sp³-hybridized carbons (Fsp3) is 0.611. The molecule has 2 rings (SSSR count). The van der Waals surface area contributed by atoms with Crippen molar-refractivity contribution in [2.45, 2.75) is 39.7 Å². The summed E-state index contributed by atoms with van der Waals surface area (Å²) < 4.78 is 5.83. The van der Waals surface area contributed by atoms with Crippen LogP contribution in [-0.2, 0) is 0 Å². The molecule has 0 spiro atoms. The molecule has 5 heteroatoms. The van der Waals surface area contributed by atoms with Crippen LogP contribution in [0, 0.1) is 19.8 Å². The van der Waals surface area contributed by atoms with Gasteiger partial charge >= 0.3 is 6.03 Å². The van der Waals surface area contributed by atoms with Gasteiger partial charge in [-0.2, -0.15) is 0 Å². The summed E-state index contributed by atoms with van der Waals surface area (Å²) in [5.74, 6) is 1.14. The average molecular weight is 320 g/mol. The van der Waals surface area contributed by atoms with Gasteiger partial charge in [0.2, 0.25) is 0 Å². The number of urea groups is 1. The van der Waals surface area contributed by atoms with Gasteiger partial charge in [0, 0.05) is 25.6 Å². The Labute approximate surface area is 138 Å². The van der Waals surface area contributed by atoms with Gasteiger partial charge in [0.25, 0.3) is 0 Å². The van der Waals surface area contributed by atoms with Gasteiger partial charge in [-0.15, -0.1) is 0 Å². The lowest BCUT2D eigenvalue weighted by Crippen LogP contribution is -2.39. The predicted molar refractivity (Wildman–Crippen MR) is 90.8 cm³/mol. The molecule has 1 heterocycles. The summed E-state index contributed by atoms with van der Waals surface area (Å²) in [7, 11) is 0. The molecule has 128 valence electrons. The summed E-state index contributed by atoms with van der Waals surface area (Å²) in [6, 6.07) is 6.06. The van der Waals surface area contributed by atoms with E-state index in [9.17, 15) is 9.90 Å². The number of carbonyl (C=O) groups is 1. The number of amides is 2. The van der Waals surface area contributed by atoms with E-state index in [0.29, 0.717) is 19.7 Å². The molecule has 1 fully saturated rings. The molecule has 1 aromatic rings. The van der Waals surface area contributed by atoms with Gasteiger partial charge in [-0.3, -0.25) is 0 Å². The summed E-state index contributed by atoms with van der Waals surface area (Å²) in [6.07, 6.45) is 1.30. The van der Waals surface area contributed by atoms with E-state index >= 15 is 0 Å². The van der Waals surface area contributed by atoms with Crippen LogP contribution in [0.3, 0.4) is 0 Å². The molecule has 0 aliphatic carbocycles. The Morgan fingerprint density at radius 2 is 2.13 bits per heavy atom. The van der Waals surface area contributed by atoms with E-state index in [4.69, 9.17) is 4.74 Å². The number of ether oxygens (including phenoxy) is 1. The number of carbonyl (C=O) groups excluding carboxylic acids is 1. The van der Waals surface area contributed by atoms with Gasteiger partial charge in [0.1, 0.15) is 5.75 Å². The second kappa shape index (κ2) is 8.20. The van der Waals surface area contributed by atoms with Crippen molar-refractivity contribution in [3.05, 3.63) is 29.3 Å². The first kappa shape index (κ1) is 17.6. The highest BCUT2D eigenvalue weighted by molar-refractivity contribution is 5.74. The maximum absolute atomic E-state index is 12.0. The predicted octanol–water partition coefficient (Wildman–Crippen LogP) is 2.48. The van der Waals surface area contributed by atoms with Gasteiger partial charge < -0.3 is 20.1 Å². The molecule has 5 nitrogen and oxygen atoms in total. The number of hydrogen-bond acceptors (Lipinski definition) is 3. The minimum atomic E-state index is -0.349. The monoisotopic (exact) mass is 320 g/mol. The molecule has 1 saturated heterocycles. The van der Waals surface area contributed by atoms with E-state index in [1.807, 2.05) is 32.0 Å². The minimum Gasteiger partial charge on any atom is -0.493 e. The van der Waals surface area contributed by atoms with E-state index in [0.717, 1.165) is 36.3 Å². The van der Waals surface area contributed by atoms with Crippen molar-refractivity contribution in [2.75, 3.05) is 26.2 Å². The molecular weight excluding hydrogens is 292 g/mol. The van der Waals surface area contributed by atoms with Crippen molar-refractivity contribution in [1.29, 1.82) is 0 Å². The van der Waals surface area contributed by atoms with E-state index in [1.54, 1.807) is 11.8 Å². The molecule has 2 atom stereocenters. The molecule has 23 heavy (non-hydrogen) atoms. The Morgan fingerprint density at radius 1 is 1.43 bits per heavy atom. The number of para-hydroxylation sites is 1. The Kier molecular flexibility index (Phi) is 6.28. The largest absolute Gasteiger partial charge is 0.493 e. The second-order valence-corrected chi connectivity index (χ2v) is 6.39. The summed E-state index contributed by atoms with van der Waals surface area (Å²) in [5, 5.41) is 12.5. The number of hydrogen-bond donors (Lipinski definition) is 2. The molecule has 2 N–H and O–H groups in total. The highest BCUT2D eigenvalue weighted by atomic mass is 16.5. The molecular formula is C18H28N2O3. The lowest BCUT2D eigenvalue weighted by Gasteiger charge is -2.18. The molecule has 0 saturated carbocycles. The third kappa shape index (κ3) is 4.86. The number of nitrogens with one attached hydrogen (secondary N) is 1. The van der Waals surface area contributed by atoms with Crippen molar-refractivity contribution in [1.82, 2.24) is 10.2 Å². The van der Waals surface area contributed by atoms with Crippen LogP contribution in [0.1, 0.15) is 30.9 Å². The zero-order valence-corrected chi connectivity index (χ0v) is 14.3. The van der Waals surface area contributed by atoms with Crippen molar-refractivity contribution in [3.8, 4) is 5.75 Å². The molecule has 1 aromatic carbocycles. The summed E-state index contributed by atoms with van der Waals surface area (Å²) in [4.78, 5) is 13.8. The maximum atomic E-state index is 12.0. The van der Waals surface area contributed by atoms with E-state index in [1.165, 1.54) is 0 Å². The van der Waals surface area contributed by atoms with Crippen LogP contribution in [0.2, 0.25) is 0 Å². The fourth-order valence-electron chi connectivity index (χ4n) is 2.95. The molecule has 2 amide bonds. The van der Waals surface area contributed by atoms with Crippen molar-refractivity contribution >= 4 is 6.03 Å². The van der Waals surface area contributed by atoms with Gasteiger partial charge in [-0.25, -0.2) is 4.79 Å². The standard InChI is InChI=1S/C18H28N2O3/c1-13-6-4-7-14(2)17(13)23-11-5-9-19-18(22)20-10-8-16(12-20)15(3)21/h4,6-7,15-16,21H,5,8-12H2,1-3H3,(H,19,22)/t15-,16-/m1/s1. The Bertz CT molecular complexity index is 511. The summed E-state index contributed by atoms with van der Waals surface area (Å²) >= 11 is 0.